The van der Waals surface area contributed by atoms with Gasteiger partial charge in [0.2, 0.25) is 0 Å². The molecule has 0 aromatic heterocycles. The fourth-order valence-corrected chi connectivity index (χ4v) is 2.00. The summed E-state index contributed by atoms with van der Waals surface area (Å²) in [6.07, 6.45) is 1.05. The Morgan fingerprint density at radius 2 is 2.06 bits per heavy atom. The molecule has 0 aliphatic rings. The normalized spacial score (nSPS) is 14.9. The number of hydrogen-bond acceptors (Lipinski definition) is 4. The monoisotopic (exact) mass is 239 g/mol. The molecule has 0 saturated heterocycles. The van der Waals surface area contributed by atoms with E-state index in [0.29, 0.717) is 11.3 Å². The van der Waals surface area contributed by atoms with Gasteiger partial charge in [0.1, 0.15) is 5.75 Å². The van der Waals surface area contributed by atoms with Gasteiger partial charge < -0.3 is 4.74 Å². The summed E-state index contributed by atoms with van der Waals surface area (Å²) in [4.78, 5) is 0. The molecule has 86 valence electrons. The van der Waals surface area contributed by atoms with E-state index in [-0.39, 0.29) is 0 Å². The van der Waals surface area contributed by atoms with E-state index in [1.54, 1.807) is 24.3 Å². The highest BCUT2D eigenvalue weighted by Crippen LogP contribution is 2.30. The van der Waals surface area contributed by atoms with Crippen molar-refractivity contribution < 1.29 is 13.2 Å². The average molecular weight is 239 g/mol. The van der Waals surface area contributed by atoms with Crippen LogP contribution in [0.2, 0.25) is 0 Å². The molecule has 1 aromatic rings. The highest BCUT2D eigenvalue weighted by molar-refractivity contribution is 7.91. The molecule has 0 saturated carbocycles. The Balaban J connectivity index is 3.42. The third-order valence-corrected chi connectivity index (χ3v) is 4.39. The molecule has 0 aliphatic heterocycles. The zero-order chi connectivity index (χ0) is 12.4. The van der Waals surface area contributed by atoms with Gasteiger partial charge in [0.05, 0.1) is 13.2 Å². The van der Waals surface area contributed by atoms with Crippen LogP contribution in [0.4, 0.5) is 0 Å². The molecular weight excluding hydrogens is 226 g/mol. The summed E-state index contributed by atoms with van der Waals surface area (Å²) in [5.74, 6) is 0.530. The first-order valence-electron chi connectivity index (χ1n) is 4.60. The lowest BCUT2D eigenvalue weighted by atomic mass is 10.0. The molecule has 1 atom stereocenters. The van der Waals surface area contributed by atoms with Crippen molar-refractivity contribution in [2.24, 2.45) is 0 Å². The number of nitriles is 1. The molecule has 0 heterocycles. The molecule has 1 rings (SSSR count). The van der Waals surface area contributed by atoms with Crippen LogP contribution in [0, 0.1) is 11.3 Å². The summed E-state index contributed by atoms with van der Waals surface area (Å²) < 4.78 is 26.7. The SMILES string of the molecule is COc1cccc(C(C)(C#N)S(C)(=O)=O)c1. The van der Waals surface area contributed by atoms with E-state index in [1.165, 1.54) is 14.0 Å². The Hall–Kier alpha value is -1.54. The van der Waals surface area contributed by atoms with E-state index in [0.717, 1.165) is 6.26 Å². The summed E-state index contributed by atoms with van der Waals surface area (Å²) in [6.45, 7) is 1.39. The average Bonchev–Trinajstić information content (AvgIpc) is 2.26. The maximum Gasteiger partial charge on any atom is 0.180 e. The molecule has 0 aliphatic carbocycles. The summed E-state index contributed by atoms with van der Waals surface area (Å²) in [5.41, 5.74) is 0.414. The first kappa shape index (κ1) is 12.5. The van der Waals surface area contributed by atoms with E-state index in [2.05, 4.69) is 0 Å². The van der Waals surface area contributed by atoms with E-state index < -0.39 is 14.6 Å². The van der Waals surface area contributed by atoms with E-state index in [9.17, 15) is 8.42 Å². The van der Waals surface area contributed by atoms with E-state index in [1.807, 2.05) is 6.07 Å². The van der Waals surface area contributed by atoms with Gasteiger partial charge in [-0.1, -0.05) is 12.1 Å². The Morgan fingerprint density at radius 1 is 1.44 bits per heavy atom. The quantitative estimate of drug-likeness (QED) is 0.801. The molecule has 0 fully saturated rings. The number of sulfone groups is 1. The van der Waals surface area contributed by atoms with Gasteiger partial charge in [0, 0.05) is 6.26 Å². The van der Waals surface area contributed by atoms with Crippen LogP contribution < -0.4 is 4.74 Å². The van der Waals surface area contributed by atoms with Crippen LogP contribution >= 0.6 is 0 Å². The molecule has 16 heavy (non-hydrogen) atoms. The van der Waals surface area contributed by atoms with Crippen LogP contribution in [-0.4, -0.2) is 21.8 Å². The van der Waals surface area contributed by atoms with Crippen molar-refractivity contribution in [3.63, 3.8) is 0 Å². The smallest absolute Gasteiger partial charge is 0.180 e. The molecule has 0 spiro atoms. The van der Waals surface area contributed by atoms with Crippen molar-refractivity contribution in [3.05, 3.63) is 29.8 Å². The van der Waals surface area contributed by atoms with Crippen molar-refractivity contribution in [2.45, 2.75) is 11.7 Å². The lowest BCUT2D eigenvalue weighted by Gasteiger charge is -2.20. The zero-order valence-corrected chi connectivity index (χ0v) is 10.2. The second-order valence-corrected chi connectivity index (χ2v) is 6.01. The second kappa shape index (κ2) is 4.14. The van der Waals surface area contributed by atoms with Gasteiger partial charge in [-0.2, -0.15) is 5.26 Å². The first-order valence-corrected chi connectivity index (χ1v) is 6.49. The molecular formula is C11H13NO3S. The van der Waals surface area contributed by atoms with Gasteiger partial charge in [0.25, 0.3) is 0 Å². The Bertz CT molecular complexity index is 530. The molecule has 0 radical (unpaired) electrons. The minimum atomic E-state index is -3.51. The summed E-state index contributed by atoms with van der Waals surface area (Å²) in [6, 6.07) is 8.37. The van der Waals surface area contributed by atoms with Gasteiger partial charge >= 0.3 is 0 Å². The minimum absolute atomic E-state index is 0.414. The Labute approximate surface area is 95.4 Å². The summed E-state index contributed by atoms with van der Waals surface area (Å²) in [5, 5.41) is 9.07. The number of benzene rings is 1. The van der Waals surface area contributed by atoms with Crippen molar-refractivity contribution in [3.8, 4) is 11.8 Å². The Kier molecular flexibility index (Phi) is 3.24. The molecule has 1 aromatic carbocycles. The molecule has 1 unspecified atom stereocenters. The molecule has 4 nitrogen and oxygen atoms in total. The largest absolute Gasteiger partial charge is 0.497 e. The summed E-state index contributed by atoms with van der Waals surface area (Å²) >= 11 is 0. The number of nitrogens with zero attached hydrogens (tertiary/aromatic N) is 1. The number of methoxy groups -OCH3 is 1. The molecule has 0 N–H and O–H groups in total. The second-order valence-electron chi connectivity index (χ2n) is 3.65. The maximum atomic E-state index is 11.6. The fraction of sp³-hybridized carbons (Fsp3) is 0.364. The number of rotatable bonds is 3. The van der Waals surface area contributed by atoms with Gasteiger partial charge in [0.15, 0.2) is 14.6 Å². The van der Waals surface area contributed by atoms with Crippen molar-refractivity contribution in [1.82, 2.24) is 0 Å². The lowest BCUT2D eigenvalue weighted by Crippen LogP contribution is -2.29. The Morgan fingerprint density at radius 3 is 2.50 bits per heavy atom. The van der Waals surface area contributed by atoms with Crippen LogP contribution in [0.5, 0.6) is 5.75 Å². The van der Waals surface area contributed by atoms with Crippen LogP contribution in [0.1, 0.15) is 12.5 Å². The highest BCUT2D eigenvalue weighted by atomic mass is 32.2. The molecule has 5 heteroatoms. The summed E-state index contributed by atoms with van der Waals surface area (Å²) in [7, 11) is -2.02. The van der Waals surface area contributed by atoms with Gasteiger partial charge in [-0.25, -0.2) is 8.42 Å². The van der Waals surface area contributed by atoms with E-state index >= 15 is 0 Å². The first-order chi connectivity index (χ1) is 7.35. The zero-order valence-electron chi connectivity index (χ0n) is 9.39. The van der Waals surface area contributed by atoms with Crippen LogP contribution in [0.25, 0.3) is 0 Å². The fourth-order valence-electron chi connectivity index (χ4n) is 1.28. The number of ether oxygens (including phenoxy) is 1. The predicted octanol–water partition coefficient (Wildman–Crippen LogP) is 1.48. The maximum absolute atomic E-state index is 11.6. The topological polar surface area (TPSA) is 67.2 Å². The lowest BCUT2D eigenvalue weighted by molar-refractivity contribution is 0.414. The highest BCUT2D eigenvalue weighted by Gasteiger charge is 2.38. The van der Waals surface area contributed by atoms with E-state index in [4.69, 9.17) is 10.00 Å². The van der Waals surface area contributed by atoms with Crippen LogP contribution in [0.15, 0.2) is 24.3 Å². The molecule has 0 bridgehead atoms. The third-order valence-electron chi connectivity index (χ3n) is 2.58. The van der Waals surface area contributed by atoms with Crippen molar-refractivity contribution in [2.75, 3.05) is 13.4 Å². The van der Waals surface area contributed by atoms with Crippen molar-refractivity contribution in [1.29, 1.82) is 5.26 Å². The van der Waals surface area contributed by atoms with Gasteiger partial charge in [-0.3, -0.25) is 0 Å². The minimum Gasteiger partial charge on any atom is -0.497 e. The van der Waals surface area contributed by atoms with Gasteiger partial charge in [-0.15, -0.1) is 0 Å². The standard InChI is InChI=1S/C11H13NO3S/c1-11(8-12,16(3,13)14)9-5-4-6-10(7-9)15-2/h4-7H,1-3H3. The van der Waals surface area contributed by atoms with Crippen LogP contribution in [0.3, 0.4) is 0 Å². The third kappa shape index (κ3) is 2.02. The predicted molar refractivity (Wildman–Crippen MR) is 60.8 cm³/mol. The number of hydrogen-bond donors (Lipinski definition) is 0. The van der Waals surface area contributed by atoms with Crippen LogP contribution in [-0.2, 0) is 14.6 Å². The van der Waals surface area contributed by atoms with Crippen molar-refractivity contribution >= 4 is 9.84 Å². The van der Waals surface area contributed by atoms with Gasteiger partial charge in [-0.05, 0) is 24.6 Å². The molecule has 0 amide bonds.